The Morgan fingerprint density at radius 1 is 1.40 bits per heavy atom. The molecule has 15 heavy (non-hydrogen) atoms. The zero-order valence-electron chi connectivity index (χ0n) is 7.81. The molecule has 2 N–H and O–H groups in total. The van der Waals surface area contributed by atoms with Crippen LogP contribution in [0.4, 0.5) is 5.69 Å². The summed E-state index contributed by atoms with van der Waals surface area (Å²) in [5, 5.41) is 1.90. The molecular formula is C10H9ClN2OS. The van der Waals surface area contributed by atoms with Crippen LogP contribution >= 0.6 is 22.9 Å². The number of pyridine rings is 1. The maximum atomic E-state index is 11.5. The highest BCUT2D eigenvalue weighted by molar-refractivity contribution is 7.14. The van der Waals surface area contributed by atoms with Crippen molar-refractivity contribution >= 4 is 28.6 Å². The van der Waals surface area contributed by atoms with Gasteiger partial charge >= 0.3 is 0 Å². The molecule has 0 unspecified atom stereocenters. The van der Waals surface area contributed by atoms with Gasteiger partial charge in [-0.25, -0.2) is 0 Å². The second kappa shape index (κ2) is 4.08. The van der Waals surface area contributed by atoms with Crippen LogP contribution in [0.15, 0.2) is 34.6 Å². The second-order valence-corrected chi connectivity index (χ2v) is 4.67. The molecule has 0 aliphatic rings. The van der Waals surface area contributed by atoms with E-state index in [1.807, 2.05) is 11.4 Å². The minimum absolute atomic E-state index is 0.0773. The summed E-state index contributed by atoms with van der Waals surface area (Å²) in [6.07, 6.45) is 1.62. The number of anilines is 1. The summed E-state index contributed by atoms with van der Waals surface area (Å²) in [5.41, 5.74) is 7.04. The summed E-state index contributed by atoms with van der Waals surface area (Å²) in [6.45, 7) is 0.464. The van der Waals surface area contributed by atoms with Crippen molar-refractivity contribution in [3.63, 3.8) is 0 Å². The number of nitrogens with two attached hydrogens (primary N) is 1. The number of thiophene rings is 1. The Kier molecular flexibility index (Phi) is 2.79. The summed E-state index contributed by atoms with van der Waals surface area (Å²) < 4.78 is 2.26. The van der Waals surface area contributed by atoms with Crippen LogP contribution in [0.5, 0.6) is 0 Å². The maximum absolute atomic E-state index is 11.5. The summed E-state index contributed by atoms with van der Waals surface area (Å²) in [6, 6.07) is 4.95. The van der Waals surface area contributed by atoms with Crippen molar-refractivity contribution in [2.45, 2.75) is 6.54 Å². The smallest absolute Gasteiger partial charge is 0.250 e. The molecular weight excluding hydrogens is 232 g/mol. The highest BCUT2D eigenvalue weighted by Gasteiger charge is 2.03. The van der Waals surface area contributed by atoms with Crippen molar-refractivity contribution in [2.24, 2.45) is 0 Å². The molecule has 3 nitrogen and oxygen atoms in total. The zero-order valence-corrected chi connectivity index (χ0v) is 9.39. The Balaban J connectivity index is 2.36. The molecule has 2 heterocycles. The van der Waals surface area contributed by atoms with Crippen molar-refractivity contribution < 1.29 is 0 Å². The number of halogens is 1. The molecule has 0 radical (unpaired) electrons. The van der Waals surface area contributed by atoms with E-state index in [0.717, 1.165) is 5.56 Å². The van der Waals surface area contributed by atoms with Gasteiger partial charge in [-0.3, -0.25) is 4.79 Å². The zero-order chi connectivity index (χ0) is 10.8. The maximum Gasteiger partial charge on any atom is 0.250 e. The van der Waals surface area contributed by atoms with E-state index in [-0.39, 0.29) is 5.56 Å². The molecule has 0 spiro atoms. The number of hydrogen-bond acceptors (Lipinski definition) is 3. The lowest BCUT2D eigenvalue weighted by Crippen LogP contribution is -2.19. The van der Waals surface area contributed by atoms with Crippen molar-refractivity contribution in [3.8, 4) is 0 Å². The van der Waals surface area contributed by atoms with Crippen molar-refractivity contribution in [3.05, 3.63) is 50.0 Å². The van der Waals surface area contributed by atoms with Crippen LogP contribution in [0.1, 0.15) is 5.56 Å². The monoisotopic (exact) mass is 240 g/mol. The third kappa shape index (κ3) is 2.22. The van der Waals surface area contributed by atoms with Gasteiger partial charge in [-0.1, -0.05) is 11.6 Å². The van der Waals surface area contributed by atoms with E-state index in [4.69, 9.17) is 17.3 Å². The van der Waals surface area contributed by atoms with Gasteiger partial charge in [-0.2, -0.15) is 0 Å². The average molecular weight is 241 g/mol. The lowest BCUT2D eigenvalue weighted by Gasteiger charge is -2.04. The molecule has 5 heteroatoms. The molecule has 0 aliphatic heterocycles. The average Bonchev–Trinajstić information content (AvgIpc) is 2.58. The summed E-state index contributed by atoms with van der Waals surface area (Å²) >= 11 is 7.41. The number of rotatable bonds is 2. The predicted molar refractivity (Wildman–Crippen MR) is 63.5 cm³/mol. The Morgan fingerprint density at radius 3 is 2.87 bits per heavy atom. The first-order valence-electron chi connectivity index (χ1n) is 4.34. The number of aromatic nitrogens is 1. The largest absolute Gasteiger partial charge is 0.398 e. The van der Waals surface area contributed by atoms with Crippen molar-refractivity contribution in [2.75, 3.05) is 5.73 Å². The first kappa shape index (κ1) is 10.3. The van der Waals surface area contributed by atoms with Gasteiger partial charge in [-0.15, -0.1) is 11.3 Å². The third-order valence-electron chi connectivity index (χ3n) is 2.04. The van der Waals surface area contributed by atoms with Gasteiger partial charge in [-0.05, 0) is 17.5 Å². The van der Waals surface area contributed by atoms with Gasteiger partial charge in [0.15, 0.2) is 0 Å². The Bertz CT molecular complexity index is 532. The normalized spacial score (nSPS) is 10.5. The summed E-state index contributed by atoms with van der Waals surface area (Å²) in [5.74, 6) is 0. The lowest BCUT2D eigenvalue weighted by atomic mass is 10.3. The third-order valence-corrected chi connectivity index (χ3v) is 3.29. The van der Waals surface area contributed by atoms with Crippen molar-refractivity contribution in [1.82, 2.24) is 4.57 Å². The molecule has 0 fully saturated rings. The lowest BCUT2D eigenvalue weighted by molar-refractivity contribution is 0.764. The van der Waals surface area contributed by atoms with Crippen LogP contribution in [-0.4, -0.2) is 4.57 Å². The topological polar surface area (TPSA) is 48.0 Å². The van der Waals surface area contributed by atoms with Gasteiger partial charge < -0.3 is 10.3 Å². The molecule has 2 rings (SSSR count). The second-order valence-electron chi connectivity index (χ2n) is 3.15. The molecule has 0 bridgehead atoms. The number of hydrogen-bond donors (Lipinski definition) is 1. The van der Waals surface area contributed by atoms with E-state index in [1.165, 1.54) is 17.4 Å². The molecule has 2 aromatic rings. The Morgan fingerprint density at radius 2 is 2.20 bits per heavy atom. The Labute approximate surface area is 95.7 Å². The molecule has 0 saturated carbocycles. The van der Waals surface area contributed by atoms with Crippen LogP contribution in [0.2, 0.25) is 4.34 Å². The number of nitrogen functional groups attached to an aromatic ring is 1. The standard InChI is InChI=1S/C10H9ClN2OS/c11-10-7(3-4-15-10)5-13-6-8(12)1-2-9(13)14/h1-4,6H,5,12H2. The van der Waals surface area contributed by atoms with E-state index in [0.29, 0.717) is 16.6 Å². The molecule has 0 saturated heterocycles. The molecule has 0 atom stereocenters. The van der Waals surface area contributed by atoms with E-state index in [2.05, 4.69) is 0 Å². The minimum Gasteiger partial charge on any atom is -0.398 e. The van der Waals surface area contributed by atoms with E-state index in [9.17, 15) is 4.79 Å². The Hall–Kier alpha value is -1.26. The fourth-order valence-corrected chi connectivity index (χ4v) is 2.20. The fraction of sp³-hybridized carbons (Fsp3) is 0.100. The van der Waals surface area contributed by atoms with Gasteiger partial charge in [0, 0.05) is 23.5 Å². The van der Waals surface area contributed by atoms with Gasteiger partial charge in [0.25, 0.3) is 5.56 Å². The molecule has 2 aromatic heterocycles. The van der Waals surface area contributed by atoms with Crippen LogP contribution in [0, 0.1) is 0 Å². The molecule has 78 valence electrons. The molecule has 0 aromatic carbocycles. The minimum atomic E-state index is -0.0773. The van der Waals surface area contributed by atoms with Gasteiger partial charge in [0.2, 0.25) is 0 Å². The van der Waals surface area contributed by atoms with E-state index in [1.54, 1.807) is 16.8 Å². The van der Waals surface area contributed by atoms with Crippen LogP contribution in [0.3, 0.4) is 0 Å². The van der Waals surface area contributed by atoms with Gasteiger partial charge in [0.1, 0.15) is 0 Å². The van der Waals surface area contributed by atoms with E-state index < -0.39 is 0 Å². The number of nitrogens with zero attached hydrogens (tertiary/aromatic N) is 1. The SMILES string of the molecule is Nc1ccc(=O)n(Cc2ccsc2Cl)c1. The van der Waals surface area contributed by atoms with Crippen LogP contribution in [-0.2, 0) is 6.54 Å². The quantitative estimate of drug-likeness (QED) is 0.875. The first-order chi connectivity index (χ1) is 7.16. The molecule has 0 amide bonds. The fourth-order valence-electron chi connectivity index (χ4n) is 1.29. The predicted octanol–water partition coefficient (Wildman–Crippen LogP) is 2.19. The first-order valence-corrected chi connectivity index (χ1v) is 5.60. The van der Waals surface area contributed by atoms with Crippen LogP contribution in [0.25, 0.3) is 0 Å². The summed E-state index contributed by atoms with van der Waals surface area (Å²) in [7, 11) is 0. The highest BCUT2D eigenvalue weighted by atomic mass is 35.5. The van der Waals surface area contributed by atoms with E-state index >= 15 is 0 Å². The highest BCUT2D eigenvalue weighted by Crippen LogP contribution is 2.23. The summed E-state index contributed by atoms with van der Waals surface area (Å²) in [4.78, 5) is 11.5. The molecule has 0 aliphatic carbocycles. The van der Waals surface area contributed by atoms with Gasteiger partial charge in [0.05, 0.1) is 10.9 Å². The van der Waals surface area contributed by atoms with Crippen molar-refractivity contribution in [1.29, 1.82) is 0 Å². The van der Waals surface area contributed by atoms with Crippen LogP contribution < -0.4 is 11.3 Å².